The normalized spacial score (nSPS) is 13.5. The highest BCUT2D eigenvalue weighted by atomic mass is 32.3. The van der Waals surface area contributed by atoms with E-state index in [0.717, 1.165) is 10.8 Å². The smallest absolute Gasteiger partial charge is 0.244 e. The van der Waals surface area contributed by atoms with Gasteiger partial charge in [0, 0.05) is 5.39 Å². The summed E-state index contributed by atoms with van der Waals surface area (Å²) in [5.74, 6) is 0. The average Bonchev–Trinajstić information content (AvgIpc) is 2.29. The average molecular weight is 267 g/mol. The third-order valence-corrected chi connectivity index (χ3v) is 4.73. The number of fused-ring (bicyclic) bond motifs is 1. The Morgan fingerprint density at radius 3 is 2.47 bits per heavy atom. The van der Waals surface area contributed by atoms with E-state index in [-0.39, 0.29) is 0 Å². The Bertz CT molecular complexity index is 631. The van der Waals surface area contributed by atoms with Crippen LogP contribution in [0.2, 0.25) is 0 Å². The molecule has 0 aliphatic heterocycles. The predicted octanol–water partition coefficient (Wildman–Crippen LogP) is 2.86. The minimum atomic E-state index is -3.43. The second-order valence-electron chi connectivity index (χ2n) is 3.77. The lowest BCUT2D eigenvalue weighted by molar-refractivity contribution is 0.600. The summed E-state index contributed by atoms with van der Waals surface area (Å²) in [6.07, 6.45) is 0. The largest absolute Gasteiger partial charge is 0.282 e. The molecule has 2 aromatic rings. The Hall–Kier alpha value is -1.20. The monoisotopic (exact) mass is 267 g/mol. The topological polar surface area (TPSA) is 46.2 Å². The van der Waals surface area contributed by atoms with Crippen LogP contribution in [0.25, 0.3) is 10.8 Å². The van der Waals surface area contributed by atoms with Gasteiger partial charge in [-0.15, -0.1) is 0 Å². The SMILES string of the molecule is CC(S)S(=O)(=O)Nc1cccc2ccccc12. The van der Waals surface area contributed by atoms with Crippen molar-refractivity contribution in [3.05, 3.63) is 42.5 Å². The van der Waals surface area contributed by atoms with Gasteiger partial charge in [-0.3, -0.25) is 4.72 Å². The maximum absolute atomic E-state index is 11.8. The first-order chi connectivity index (χ1) is 8.00. The zero-order valence-electron chi connectivity index (χ0n) is 9.29. The molecule has 0 bridgehead atoms. The molecule has 1 atom stereocenters. The van der Waals surface area contributed by atoms with E-state index in [1.165, 1.54) is 6.92 Å². The number of hydrogen-bond acceptors (Lipinski definition) is 3. The molecule has 1 unspecified atom stereocenters. The van der Waals surface area contributed by atoms with Crippen LogP contribution in [0.3, 0.4) is 0 Å². The summed E-state index contributed by atoms with van der Waals surface area (Å²) in [5, 5.41) is 1.88. The van der Waals surface area contributed by atoms with Gasteiger partial charge in [0.05, 0.1) is 5.69 Å². The van der Waals surface area contributed by atoms with Crippen molar-refractivity contribution in [3.8, 4) is 0 Å². The molecule has 90 valence electrons. The molecule has 0 amide bonds. The van der Waals surface area contributed by atoms with Crippen molar-refractivity contribution in [3.63, 3.8) is 0 Å². The molecular weight excluding hydrogens is 254 g/mol. The first-order valence-corrected chi connectivity index (χ1v) is 7.24. The van der Waals surface area contributed by atoms with Crippen LogP contribution in [0, 0.1) is 0 Å². The van der Waals surface area contributed by atoms with Crippen LogP contribution >= 0.6 is 12.6 Å². The summed E-state index contributed by atoms with van der Waals surface area (Å²) in [6.45, 7) is 1.52. The minimum absolute atomic E-state index is 0.587. The van der Waals surface area contributed by atoms with Crippen molar-refractivity contribution in [1.82, 2.24) is 0 Å². The molecule has 0 aliphatic carbocycles. The number of thiol groups is 1. The van der Waals surface area contributed by atoms with Gasteiger partial charge in [0.2, 0.25) is 10.0 Å². The quantitative estimate of drug-likeness (QED) is 0.840. The highest BCUT2D eigenvalue weighted by molar-refractivity contribution is 8.05. The van der Waals surface area contributed by atoms with Crippen molar-refractivity contribution in [2.75, 3.05) is 4.72 Å². The van der Waals surface area contributed by atoms with E-state index >= 15 is 0 Å². The van der Waals surface area contributed by atoms with Gasteiger partial charge in [0.1, 0.15) is 4.58 Å². The van der Waals surface area contributed by atoms with Crippen molar-refractivity contribution in [2.45, 2.75) is 11.5 Å². The molecule has 0 saturated heterocycles. The fourth-order valence-corrected chi connectivity index (χ4v) is 2.37. The van der Waals surface area contributed by atoms with Crippen LogP contribution < -0.4 is 4.72 Å². The van der Waals surface area contributed by atoms with Crippen LogP contribution in [0.5, 0.6) is 0 Å². The van der Waals surface area contributed by atoms with Crippen molar-refractivity contribution >= 4 is 39.1 Å². The number of sulfonamides is 1. The van der Waals surface area contributed by atoms with E-state index in [9.17, 15) is 8.42 Å². The maximum Gasteiger partial charge on any atom is 0.244 e. The minimum Gasteiger partial charge on any atom is -0.282 e. The summed E-state index contributed by atoms with van der Waals surface area (Å²) in [4.78, 5) is 0. The molecule has 17 heavy (non-hydrogen) atoms. The lowest BCUT2D eigenvalue weighted by Gasteiger charge is -2.12. The zero-order valence-corrected chi connectivity index (χ0v) is 11.0. The summed E-state index contributed by atoms with van der Waals surface area (Å²) < 4.78 is 25.3. The van der Waals surface area contributed by atoms with Crippen molar-refractivity contribution in [1.29, 1.82) is 0 Å². The van der Waals surface area contributed by atoms with Gasteiger partial charge in [-0.1, -0.05) is 36.4 Å². The molecule has 0 fully saturated rings. The molecule has 2 aromatic carbocycles. The van der Waals surface area contributed by atoms with E-state index in [1.54, 1.807) is 6.07 Å². The molecule has 0 saturated carbocycles. The third-order valence-electron chi connectivity index (χ3n) is 2.49. The molecular formula is C12H13NO2S2. The molecule has 2 rings (SSSR count). The summed E-state index contributed by atoms with van der Waals surface area (Å²) >= 11 is 3.95. The second kappa shape index (κ2) is 4.58. The molecule has 5 heteroatoms. The molecule has 1 N–H and O–H groups in total. The fraction of sp³-hybridized carbons (Fsp3) is 0.167. The Morgan fingerprint density at radius 2 is 1.76 bits per heavy atom. The van der Waals surface area contributed by atoms with Crippen LogP contribution in [-0.4, -0.2) is 13.0 Å². The highest BCUT2D eigenvalue weighted by Gasteiger charge is 2.17. The van der Waals surface area contributed by atoms with Gasteiger partial charge < -0.3 is 0 Å². The van der Waals surface area contributed by atoms with Crippen molar-refractivity contribution in [2.24, 2.45) is 0 Å². The summed E-state index contributed by atoms with van der Waals surface area (Å²) in [6, 6.07) is 13.1. The lowest BCUT2D eigenvalue weighted by Crippen LogP contribution is -2.20. The Kier molecular flexibility index (Phi) is 3.31. The van der Waals surface area contributed by atoms with Gasteiger partial charge in [-0.05, 0) is 18.4 Å². The molecule has 0 radical (unpaired) electrons. The van der Waals surface area contributed by atoms with E-state index in [4.69, 9.17) is 0 Å². The van der Waals surface area contributed by atoms with Gasteiger partial charge in [-0.2, -0.15) is 12.6 Å². The number of benzene rings is 2. The van der Waals surface area contributed by atoms with Gasteiger partial charge >= 0.3 is 0 Å². The molecule has 0 aromatic heterocycles. The van der Waals surface area contributed by atoms with Gasteiger partial charge in [0.25, 0.3) is 0 Å². The van der Waals surface area contributed by atoms with Crippen LogP contribution in [-0.2, 0) is 10.0 Å². The van der Waals surface area contributed by atoms with E-state index < -0.39 is 14.6 Å². The zero-order chi connectivity index (χ0) is 12.5. The molecule has 0 spiro atoms. The molecule has 0 heterocycles. The Labute approximate surface area is 106 Å². The highest BCUT2D eigenvalue weighted by Crippen LogP contribution is 2.24. The second-order valence-corrected chi connectivity index (χ2v) is 6.90. The lowest BCUT2D eigenvalue weighted by atomic mass is 10.1. The van der Waals surface area contributed by atoms with E-state index in [2.05, 4.69) is 17.4 Å². The van der Waals surface area contributed by atoms with Crippen LogP contribution in [0.1, 0.15) is 6.92 Å². The van der Waals surface area contributed by atoms with Gasteiger partial charge in [-0.25, -0.2) is 8.42 Å². The maximum atomic E-state index is 11.8. The van der Waals surface area contributed by atoms with E-state index in [0.29, 0.717) is 5.69 Å². The Balaban J connectivity index is 2.50. The standard InChI is InChI=1S/C12H13NO2S2/c1-9(16)17(14,15)13-12-8-4-6-10-5-2-3-7-11(10)12/h2-9,13,16H,1H3. The summed E-state index contributed by atoms with van der Waals surface area (Å²) in [5.41, 5.74) is 0.587. The number of anilines is 1. The molecule has 0 aliphatic rings. The Morgan fingerprint density at radius 1 is 1.12 bits per heavy atom. The van der Waals surface area contributed by atoms with E-state index in [1.807, 2.05) is 36.4 Å². The van der Waals surface area contributed by atoms with Crippen LogP contribution in [0.4, 0.5) is 5.69 Å². The van der Waals surface area contributed by atoms with Crippen molar-refractivity contribution < 1.29 is 8.42 Å². The first kappa shape index (κ1) is 12.3. The molecule has 3 nitrogen and oxygen atoms in total. The predicted molar refractivity (Wildman–Crippen MR) is 74.9 cm³/mol. The van der Waals surface area contributed by atoms with Crippen LogP contribution in [0.15, 0.2) is 42.5 Å². The third kappa shape index (κ3) is 2.56. The first-order valence-electron chi connectivity index (χ1n) is 5.18. The number of rotatable bonds is 3. The summed E-state index contributed by atoms with van der Waals surface area (Å²) in [7, 11) is -3.43. The number of nitrogens with one attached hydrogen (secondary N) is 1. The fourth-order valence-electron chi connectivity index (χ4n) is 1.55. The van der Waals surface area contributed by atoms with Gasteiger partial charge in [0.15, 0.2) is 0 Å². The number of hydrogen-bond donors (Lipinski definition) is 2.